The molecule has 1 aliphatic heterocycles. The van der Waals surface area contributed by atoms with Crippen molar-refractivity contribution in [2.45, 2.75) is 25.7 Å². The molecule has 2 unspecified atom stereocenters. The Labute approximate surface area is 157 Å². The molecular weight excluding hydrogens is 342 g/mol. The van der Waals surface area contributed by atoms with E-state index in [0.29, 0.717) is 19.4 Å². The van der Waals surface area contributed by atoms with Crippen LogP contribution in [-0.4, -0.2) is 40.7 Å². The molecule has 140 valence electrons. The smallest absolute Gasteiger partial charge is 0.233 e. The predicted molar refractivity (Wildman–Crippen MR) is 102 cm³/mol. The first-order valence-electron chi connectivity index (χ1n) is 9.47. The monoisotopic (exact) mass is 365 g/mol. The van der Waals surface area contributed by atoms with Crippen molar-refractivity contribution >= 4 is 28.6 Å². The molecule has 6 heteroatoms. The van der Waals surface area contributed by atoms with Crippen molar-refractivity contribution in [2.75, 3.05) is 13.1 Å². The predicted octanol–water partition coefficient (Wildman–Crippen LogP) is 2.17. The number of nitrogens with one attached hydrogen (secondary N) is 2. The standard InChI is InChI=1S/C21H23N3O3/c25-19(22-11-9-14-13-23-18-8-4-3-5-15(14)18)10-12-24-20(26)16-6-1-2-7-17(16)21(24)27/h1-5,8,13,16-17,23H,6-7,9-12H2,(H,22,25). The maximum absolute atomic E-state index is 12.4. The molecule has 27 heavy (non-hydrogen) atoms. The number of H-pyrrole nitrogens is 1. The number of likely N-dealkylation sites (tertiary alicyclic amines) is 1. The highest BCUT2D eigenvalue weighted by Crippen LogP contribution is 2.34. The maximum Gasteiger partial charge on any atom is 0.233 e. The third kappa shape index (κ3) is 3.39. The van der Waals surface area contributed by atoms with E-state index in [1.165, 1.54) is 4.90 Å². The van der Waals surface area contributed by atoms with Crippen LogP contribution in [0.25, 0.3) is 10.9 Å². The van der Waals surface area contributed by atoms with Crippen molar-refractivity contribution in [3.8, 4) is 0 Å². The number of aromatic nitrogens is 1. The Bertz CT molecular complexity index is 888. The SMILES string of the molecule is O=C(CCN1C(=O)C2CC=CCC2C1=O)NCCc1c[nH]c2ccccc12. The van der Waals surface area contributed by atoms with Crippen molar-refractivity contribution < 1.29 is 14.4 Å². The summed E-state index contributed by atoms with van der Waals surface area (Å²) in [7, 11) is 0. The number of amides is 3. The van der Waals surface area contributed by atoms with Gasteiger partial charge in [-0.25, -0.2) is 0 Å². The van der Waals surface area contributed by atoms with E-state index in [0.717, 1.165) is 22.9 Å². The molecule has 4 rings (SSSR count). The number of fused-ring (bicyclic) bond motifs is 2. The largest absolute Gasteiger partial charge is 0.361 e. The van der Waals surface area contributed by atoms with Crippen LogP contribution in [0.15, 0.2) is 42.6 Å². The van der Waals surface area contributed by atoms with Crippen LogP contribution >= 0.6 is 0 Å². The van der Waals surface area contributed by atoms with Crippen LogP contribution in [0.5, 0.6) is 0 Å². The second-order valence-electron chi connectivity index (χ2n) is 7.19. The minimum absolute atomic E-state index is 0.124. The Morgan fingerprint density at radius 1 is 1.11 bits per heavy atom. The van der Waals surface area contributed by atoms with E-state index < -0.39 is 0 Å². The van der Waals surface area contributed by atoms with Gasteiger partial charge >= 0.3 is 0 Å². The highest BCUT2D eigenvalue weighted by Gasteiger charge is 2.46. The summed E-state index contributed by atoms with van der Waals surface area (Å²) in [6.45, 7) is 0.696. The van der Waals surface area contributed by atoms with E-state index in [4.69, 9.17) is 0 Å². The molecule has 2 aromatic rings. The highest BCUT2D eigenvalue weighted by molar-refractivity contribution is 6.05. The lowest BCUT2D eigenvalue weighted by molar-refractivity contribution is -0.140. The molecule has 2 aliphatic rings. The molecule has 0 bridgehead atoms. The minimum atomic E-state index is -0.229. The molecule has 1 saturated heterocycles. The van der Waals surface area contributed by atoms with Gasteiger partial charge in [0.25, 0.3) is 0 Å². The normalized spacial score (nSPS) is 21.7. The summed E-state index contributed by atoms with van der Waals surface area (Å²) < 4.78 is 0. The summed E-state index contributed by atoms with van der Waals surface area (Å²) in [6, 6.07) is 8.06. The fourth-order valence-electron chi connectivity index (χ4n) is 4.07. The number of rotatable bonds is 6. The lowest BCUT2D eigenvalue weighted by Gasteiger charge is -2.14. The Hall–Kier alpha value is -2.89. The van der Waals surface area contributed by atoms with E-state index in [1.807, 2.05) is 36.5 Å². The van der Waals surface area contributed by atoms with Crippen molar-refractivity contribution in [1.29, 1.82) is 0 Å². The molecule has 2 N–H and O–H groups in total. The quantitative estimate of drug-likeness (QED) is 0.608. The number of nitrogens with zero attached hydrogens (tertiary/aromatic N) is 1. The second-order valence-corrected chi connectivity index (χ2v) is 7.19. The fraction of sp³-hybridized carbons (Fsp3) is 0.381. The second kappa shape index (κ2) is 7.39. The van der Waals surface area contributed by atoms with Crippen molar-refractivity contribution in [3.05, 3.63) is 48.2 Å². The van der Waals surface area contributed by atoms with Crippen LogP contribution < -0.4 is 5.32 Å². The van der Waals surface area contributed by atoms with Crippen molar-refractivity contribution in [2.24, 2.45) is 11.8 Å². The molecule has 0 saturated carbocycles. The molecule has 2 atom stereocenters. The third-order valence-corrected chi connectivity index (χ3v) is 5.55. The zero-order valence-corrected chi connectivity index (χ0v) is 15.1. The average Bonchev–Trinajstić information content (AvgIpc) is 3.20. The lowest BCUT2D eigenvalue weighted by atomic mass is 9.85. The van der Waals surface area contributed by atoms with Crippen molar-refractivity contribution in [1.82, 2.24) is 15.2 Å². The molecule has 1 aromatic heterocycles. The van der Waals surface area contributed by atoms with Gasteiger partial charge in [-0.2, -0.15) is 0 Å². The molecule has 6 nitrogen and oxygen atoms in total. The average molecular weight is 365 g/mol. The van der Waals surface area contributed by atoms with E-state index in [2.05, 4.69) is 16.4 Å². The van der Waals surface area contributed by atoms with Crippen LogP contribution in [0.2, 0.25) is 0 Å². The number of carbonyl (C=O) groups is 3. The van der Waals surface area contributed by atoms with E-state index in [9.17, 15) is 14.4 Å². The molecular formula is C21H23N3O3. The van der Waals surface area contributed by atoms with Gasteiger partial charge in [-0.15, -0.1) is 0 Å². The van der Waals surface area contributed by atoms with Crippen LogP contribution in [0.3, 0.4) is 0 Å². The number of carbonyl (C=O) groups excluding carboxylic acids is 3. The first-order chi connectivity index (χ1) is 13.1. The minimum Gasteiger partial charge on any atom is -0.361 e. The molecule has 1 aliphatic carbocycles. The zero-order valence-electron chi connectivity index (χ0n) is 15.1. The fourth-order valence-corrected chi connectivity index (χ4v) is 4.07. The van der Waals surface area contributed by atoms with E-state index in [1.54, 1.807) is 0 Å². The summed E-state index contributed by atoms with van der Waals surface area (Å²) in [6.07, 6.45) is 8.03. The maximum atomic E-state index is 12.4. The summed E-state index contributed by atoms with van der Waals surface area (Å²) in [5, 5.41) is 4.05. The van der Waals surface area contributed by atoms with Gasteiger partial charge in [-0.3, -0.25) is 19.3 Å². The summed E-state index contributed by atoms with van der Waals surface area (Å²) in [5.41, 5.74) is 2.24. The lowest BCUT2D eigenvalue weighted by Crippen LogP contribution is -2.35. The van der Waals surface area contributed by atoms with Crippen LogP contribution in [0.4, 0.5) is 0 Å². The van der Waals surface area contributed by atoms with Gasteiger partial charge in [0.1, 0.15) is 0 Å². The number of hydrogen-bond acceptors (Lipinski definition) is 3. The Kier molecular flexibility index (Phi) is 4.79. The summed E-state index contributed by atoms with van der Waals surface area (Å²) >= 11 is 0. The van der Waals surface area contributed by atoms with E-state index >= 15 is 0 Å². The zero-order chi connectivity index (χ0) is 18.8. The van der Waals surface area contributed by atoms with Gasteiger partial charge < -0.3 is 10.3 Å². The molecule has 1 aromatic carbocycles. The van der Waals surface area contributed by atoms with Gasteiger partial charge in [0.05, 0.1) is 11.8 Å². The van der Waals surface area contributed by atoms with Crippen LogP contribution in [0, 0.1) is 11.8 Å². The van der Waals surface area contributed by atoms with Crippen LogP contribution in [0.1, 0.15) is 24.8 Å². The van der Waals surface area contributed by atoms with Crippen molar-refractivity contribution in [3.63, 3.8) is 0 Å². The molecule has 2 heterocycles. The number of para-hydroxylation sites is 1. The van der Waals surface area contributed by atoms with Gasteiger partial charge in [-0.1, -0.05) is 30.4 Å². The molecule has 0 radical (unpaired) electrons. The topological polar surface area (TPSA) is 82.3 Å². The first-order valence-corrected chi connectivity index (χ1v) is 9.47. The van der Waals surface area contributed by atoms with Crippen LogP contribution in [-0.2, 0) is 20.8 Å². The Morgan fingerprint density at radius 3 is 2.56 bits per heavy atom. The molecule has 3 amide bonds. The van der Waals surface area contributed by atoms with Gasteiger partial charge in [0, 0.05) is 36.6 Å². The first kappa shape index (κ1) is 17.5. The number of benzene rings is 1. The summed E-state index contributed by atoms with van der Waals surface area (Å²) in [5.74, 6) is -0.842. The Balaban J connectivity index is 1.25. The summed E-state index contributed by atoms with van der Waals surface area (Å²) in [4.78, 5) is 41.4. The van der Waals surface area contributed by atoms with E-state index in [-0.39, 0.29) is 42.5 Å². The number of hydrogen-bond donors (Lipinski definition) is 2. The number of allylic oxidation sites excluding steroid dienone is 2. The van der Waals surface area contributed by atoms with Gasteiger partial charge in [-0.05, 0) is 30.9 Å². The molecule has 0 spiro atoms. The number of aromatic amines is 1. The molecule has 1 fully saturated rings. The third-order valence-electron chi connectivity index (χ3n) is 5.55. The van der Waals surface area contributed by atoms with Gasteiger partial charge in [0.2, 0.25) is 17.7 Å². The Morgan fingerprint density at radius 2 is 1.81 bits per heavy atom. The van der Waals surface area contributed by atoms with Gasteiger partial charge in [0.15, 0.2) is 0 Å². The number of imide groups is 1. The highest BCUT2D eigenvalue weighted by atomic mass is 16.2.